The molecule has 2 amide bonds. The summed E-state index contributed by atoms with van der Waals surface area (Å²) >= 11 is 1.13. The van der Waals surface area contributed by atoms with Crippen molar-refractivity contribution in [3.05, 3.63) is 58.7 Å². The highest BCUT2D eigenvalue weighted by Gasteiger charge is 2.23. The van der Waals surface area contributed by atoms with Gasteiger partial charge in [-0.25, -0.2) is 13.8 Å². The van der Waals surface area contributed by atoms with Gasteiger partial charge >= 0.3 is 0 Å². The van der Waals surface area contributed by atoms with E-state index in [1.165, 1.54) is 20.1 Å². The Hall–Kier alpha value is -3.11. The largest absolute Gasteiger partial charge is 0.382 e. The smallest absolute Gasteiger partial charge is 0.253 e. The van der Waals surface area contributed by atoms with Gasteiger partial charge in [0.25, 0.3) is 11.8 Å². The Kier molecular flexibility index (Phi) is 6.58. The number of nitrogens with one attached hydrogen (secondary N) is 2. The predicted molar refractivity (Wildman–Crippen MR) is 109 cm³/mol. The van der Waals surface area contributed by atoms with Crippen molar-refractivity contribution >= 4 is 28.3 Å². The molecule has 0 fully saturated rings. The first-order valence-electron chi connectivity index (χ1n) is 8.92. The molecule has 3 rings (SSSR count). The molecule has 3 aromatic rings. The zero-order valence-electron chi connectivity index (χ0n) is 16.5. The van der Waals surface area contributed by atoms with E-state index in [0.717, 1.165) is 17.4 Å². The van der Waals surface area contributed by atoms with Gasteiger partial charge in [0.1, 0.15) is 6.04 Å². The standard InChI is InChI=1S/C20H20F2N4O3S/c1-11-6-13(7-14(21)17(11)22)16-10-30-20(24-16)25-19(28)15(9-29-3)23-18(27)12-4-5-26(2)8-12/h4-8,10,15H,9H2,1-3H3,(H,23,27)(H,24,25,28). The zero-order valence-corrected chi connectivity index (χ0v) is 17.3. The van der Waals surface area contributed by atoms with Crippen molar-refractivity contribution < 1.29 is 23.1 Å². The molecule has 158 valence electrons. The second-order valence-electron chi connectivity index (χ2n) is 6.66. The Labute approximate surface area is 175 Å². The SMILES string of the molecule is COCC(NC(=O)c1ccn(C)c1)C(=O)Nc1nc(-c2cc(C)c(F)c(F)c2)cs1. The van der Waals surface area contributed by atoms with E-state index in [1.54, 1.807) is 35.5 Å². The van der Waals surface area contributed by atoms with Gasteiger partial charge in [0.15, 0.2) is 16.8 Å². The van der Waals surface area contributed by atoms with Gasteiger partial charge in [0.2, 0.25) is 0 Å². The summed E-state index contributed by atoms with van der Waals surface area (Å²) in [7, 11) is 3.20. The molecule has 0 aliphatic heterocycles. The summed E-state index contributed by atoms with van der Waals surface area (Å²) in [6.07, 6.45) is 3.35. The van der Waals surface area contributed by atoms with Gasteiger partial charge in [-0.2, -0.15) is 0 Å². The summed E-state index contributed by atoms with van der Waals surface area (Å²) in [5, 5.41) is 7.12. The van der Waals surface area contributed by atoms with Crippen LogP contribution in [0.2, 0.25) is 0 Å². The topological polar surface area (TPSA) is 85.2 Å². The molecule has 0 saturated carbocycles. The van der Waals surface area contributed by atoms with Crippen LogP contribution in [0, 0.1) is 18.6 Å². The van der Waals surface area contributed by atoms with Gasteiger partial charge in [-0.1, -0.05) is 0 Å². The maximum atomic E-state index is 13.7. The average molecular weight is 434 g/mol. The highest BCUT2D eigenvalue weighted by Crippen LogP contribution is 2.27. The van der Waals surface area contributed by atoms with E-state index in [2.05, 4.69) is 15.6 Å². The monoisotopic (exact) mass is 434 g/mol. The number of aryl methyl sites for hydroxylation is 2. The van der Waals surface area contributed by atoms with E-state index < -0.39 is 29.5 Å². The number of carbonyl (C=O) groups excluding carboxylic acids is 2. The molecule has 2 aromatic heterocycles. The van der Waals surface area contributed by atoms with E-state index in [9.17, 15) is 18.4 Å². The van der Waals surface area contributed by atoms with Crippen LogP contribution in [0.5, 0.6) is 0 Å². The molecule has 10 heteroatoms. The molecule has 0 saturated heterocycles. The van der Waals surface area contributed by atoms with Crippen molar-refractivity contribution in [1.82, 2.24) is 14.9 Å². The van der Waals surface area contributed by atoms with Crippen molar-refractivity contribution in [1.29, 1.82) is 0 Å². The fraction of sp³-hybridized carbons (Fsp3) is 0.250. The highest BCUT2D eigenvalue weighted by molar-refractivity contribution is 7.14. The summed E-state index contributed by atoms with van der Waals surface area (Å²) in [5.41, 5.74) is 1.37. The molecule has 7 nitrogen and oxygen atoms in total. The van der Waals surface area contributed by atoms with Gasteiger partial charge < -0.3 is 19.9 Å². The number of nitrogens with zero attached hydrogens (tertiary/aromatic N) is 2. The number of ether oxygens (including phenoxy) is 1. The fourth-order valence-electron chi connectivity index (χ4n) is 2.76. The molecule has 1 aromatic carbocycles. The van der Waals surface area contributed by atoms with Crippen LogP contribution in [0.1, 0.15) is 15.9 Å². The molecule has 1 unspecified atom stereocenters. The van der Waals surface area contributed by atoms with Crippen molar-refractivity contribution in [2.75, 3.05) is 19.0 Å². The third-order valence-electron chi connectivity index (χ3n) is 4.29. The molecule has 1 atom stereocenters. The number of thiazole rings is 1. The van der Waals surface area contributed by atoms with Crippen molar-refractivity contribution in [3.63, 3.8) is 0 Å². The van der Waals surface area contributed by atoms with Crippen molar-refractivity contribution in [2.24, 2.45) is 7.05 Å². The van der Waals surface area contributed by atoms with Crippen LogP contribution >= 0.6 is 11.3 Å². The number of hydrogen-bond donors (Lipinski definition) is 2. The van der Waals surface area contributed by atoms with E-state index in [4.69, 9.17) is 4.74 Å². The summed E-state index contributed by atoms with van der Waals surface area (Å²) < 4.78 is 33.9. The number of hydrogen-bond acceptors (Lipinski definition) is 5. The van der Waals surface area contributed by atoms with Crippen LogP contribution < -0.4 is 10.6 Å². The molecular weight excluding hydrogens is 414 g/mol. The minimum absolute atomic E-state index is 0.0367. The second-order valence-corrected chi connectivity index (χ2v) is 7.52. The summed E-state index contributed by atoms with van der Waals surface area (Å²) in [6.45, 7) is 1.42. The quantitative estimate of drug-likeness (QED) is 0.598. The van der Waals surface area contributed by atoms with Crippen LogP contribution in [0.25, 0.3) is 11.3 Å². The Balaban J connectivity index is 1.71. The second kappa shape index (κ2) is 9.14. The number of carbonyl (C=O) groups is 2. The third-order valence-corrected chi connectivity index (χ3v) is 5.05. The Morgan fingerprint density at radius 1 is 1.33 bits per heavy atom. The van der Waals surface area contributed by atoms with E-state index in [1.807, 2.05) is 0 Å². The maximum Gasteiger partial charge on any atom is 0.253 e. The first-order chi connectivity index (χ1) is 14.3. The summed E-state index contributed by atoms with van der Waals surface area (Å²) in [6, 6.07) is 3.22. The normalized spacial score (nSPS) is 11.9. The number of aromatic nitrogens is 2. The number of benzene rings is 1. The Morgan fingerprint density at radius 2 is 2.10 bits per heavy atom. The van der Waals surface area contributed by atoms with Crippen LogP contribution in [0.15, 0.2) is 36.0 Å². The zero-order chi connectivity index (χ0) is 21.8. The average Bonchev–Trinajstić information content (AvgIpc) is 3.34. The van der Waals surface area contributed by atoms with Crippen LogP contribution in [-0.2, 0) is 16.6 Å². The number of anilines is 1. The first kappa shape index (κ1) is 21.6. The van der Waals surface area contributed by atoms with Crippen LogP contribution in [0.3, 0.4) is 0 Å². The number of halogens is 2. The predicted octanol–water partition coefficient (Wildman–Crippen LogP) is 3.12. The van der Waals surface area contributed by atoms with Gasteiger partial charge in [-0.15, -0.1) is 11.3 Å². The molecule has 2 N–H and O–H groups in total. The van der Waals surface area contributed by atoms with Gasteiger partial charge in [0.05, 0.1) is 17.9 Å². The number of methoxy groups -OCH3 is 1. The molecule has 2 heterocycles. The fourth-order valence-corrected chi connectivity index (χ4v) is 3.48. The Morgan fingerprint density at radius 3 is 2.73 bits per heavy atom. The maximum absolute atomic E-state index is 13.7. The number of amides is 2. The van der Waals surface area contributed by atoms with Gasteiger partial charge in [-0.3, -0.25) is 9.59 Å². The number of rotatable bonds is 7. The van der Waals surface area contributed by atoms with E-state index in [0.29, 0.717) is 16.8 Å². The van der Waals surface area contributed by atoms with Gasteiger partial charge in [0, 0.05) is 37.5 Å². The highest BCUT2D eigenvalue weighted by atomic mass is 32.1. The summed E-state index contributed by atoms with van der Waals surface area (Å²) in [4.78, 5) is 29.2. The minimum Gasteiger partial charge on any atom is -0.382 e. The first-order valence-corrected chi connectivity index (χ1v) is 9.80. The molecular formula is C20H20F2N4O3S. The molecule has 0 bridgehead atoms. The lowest BCUT2D eigenvalue weighted by molar-refractivity contribution is -0.119. The lowest BCUT2D eigenvalue weighted by atomic mass is 10.1. The third kappa shape index (κ3) is 4.89. The van der Waals surface area contributed by atoms with Gasteiger partial charge in [-0.05, 0) is 30.7 Å². The minimum atomic E-state index is -0.965. The lowest BCUT2D eigenvalue weighted by Gasteiger charge is -2.16. The van der Waals surface area contributed by atoms with E-state index >= 15 is 0 Å². The molecule has 0 aliphatic rings. The summed E-state index contributed by atoms with van der Waals surface area (Å²) in [5.74, 6) is -2.79. The van der Waals surface area contributed by atoms with Crippen LogP contribution in [0.4, 0.5) is 13.9 Å². The van der Waals surface area contributed by atoms with Crippen molar-refractivity contribution in [2.45, 2.75) is 13.0 Å². The lowest BCUT2D eigenvalue weighted by Crippen LogP contribution is -2.46. The van der Waals surface area contributed by atoms with Crippen LogP contribution in [-0.4, -0.2) is 41.1 Å². The van der Waals surface area contributed by atoms with E-state index in [-0.39, 0.29) is 17.3 Å². The van der Waals surface area contributed by atoms with Crippen molar-refractivity contribution in [3.8, 4) is 11.3 Å². The molecule has 0 aliphatic carbocycles. The molecule has 0 spiro atoms. The molecule has 0 radical (unpaired) electrons. The Bertz CT molecular complexity index is 1060. The molecule has 30 heavy (non-hydrogen) atoms.